The molecule has 0 N–H and O–H groups in total. The van der Waals surface area contributed by atoms with Gasteiger partial charge < -0.3 is 9.47 Å². The van der Waals surface area contributed by atoms with Crippen molar-refractivity contribution < 1.29 is 9.47 Å². The summed E-state index contributed by atoms with van der Waals surface area (Å²) in [7, 11) is 1.77. The van der Waals surface area contributed by atoms with E-state index >= 15 is 0 Å². The highest BCUT2D eigenvalue weighted by atomic mass is 16.5. The molecule has 2 aromatic rings. The summed E-state index contributed by atoms with van der Waals surface area (Å²) in [6.07, 6.45) is 15.9. The first kappa shape index (κ1) is 24.8. The number of rotatable bonds is 14. The lowest BCUT2D eigenvalue weighted by molar-refractivity contribution is 0.191. The summed E-state index contributed by atoms with van der Waals surface area (Å²) in [6, 6.07) is 17.9. The lowest BCUT2D eigenvalue weighted by Crippen LogP contribution is -2.13. The summed E-state index contributed by atoms with van der Waals surface area (Å²) in [4.78, 5) is 0. The maximum absolute atomic E-state index is 5.91. The average molecular weight is 437 g/mol. The van der Waals surface area contributed by atoms with Gasteiger partial charge in [0, 0.05) is 13.7 Å². The standard InChI is InChI=1S/C30H44O2/c1-3-4-7-10-25-11-13-26(14-12-25)27-15-17-28(18-16-27)29-19-21-30(22-20-29)32-24-9-6-5-8-23-31-2/h15-22,25-26H,3-14,23-24H2,1-2H3. The summed E-state index contributed by atoms with van der Waals surface area (Å²) in [5.74, 6) is 2.71. The average Bonchev–Trinajstić information content (AvgIpc) is 2.85. The second-order valence-corrected chi connectivity index (χ2v) is 9.62. The van der Waals surface area contributed by atoms with E-state index in [4.69, 9.17) is 9.47 Å². The molecule has 0 spiro atoms. The molecule has 2 aromatic carbocycles. The van der Waals surface area contributed by atoms with E-state index in [0.717, 1.165) is 43.6 Å². The molecule has 0 unspecified atom stereocenters. The third-order valence-corrected chi connectivity index (χ3v) is 7.14. The second-order valence-electron chi connectivity index (χ2n) is 9.62. The van der Waals surface area contributed by atoms with Crippen LogP contribution in [0.1, 0.15) is 95.5 Å². The Balaban J connectivity index is 1.41. The van der Waals surface area contributed by atoms with Gasteiger partial charge in [-0.15, -0.1) is 0 Å². The first-order valence-electron chi connectivity index (χ1n) is 13.1. The first-order valence-corrected chi connectivity index (χ1v) is 13.1. The van der Waals surface area contributed by atoms with Crippen LogP contribution in [-0.4, -0.2) is 20.3 Å². The molecule has 1 aliphatic carbocycles. The zero-order chi connectivity index (χ0) is 22.4. The van der Waals surface area contributed by atoms with Crippen LogP contribution in [0.5, 0.6) is 5.75 Å². The molecule has 3 rings (SSSR count). The van der Waals surface area contributed by atoms with Gasteiger partial charge in [-0.1, -0.05) is 75.4 Å². The Hall–Kier alpha value is -1.80. The number of unbranched alkanes of at least 4 members (excludes halogenated alkanes) is 5. The smallest absolute Gasteiger partial charge is 0.119 e. The predicted molar refractivity (Wildman–Crippen MR) is 137 cm³/mol. The second kappa shape index (κ2) is 14.4. The normalized spacial score (nSPS) is 18.6. The molecule has 0 heterocycles. The van der Waals surface area contributed by atoms with E-state index in [1.54, 1.807) is 7.11 Å². The van der Waals surface area contributed by atoms with Crippen molar-refractivity contribution in [3.63, 3.8) is 0 Å². The van der Waals surface area contributed by atoms with Gasteiger partial charge >= 0.3 is 0 Å². The zero-order valence-electron chi connectivity index (χ0n) is 20.5. The van der Waals surface area contributed by atoms with Crippen LogP contribution in [0.3, 0.4) is 0 Å². The first-order chi connectivity index (χ1) is 15.8. The monoisotopic (exact) mass is 436 g/mol. The summed E-state index contributed by atoms with van der Waals surface area (Å²) >= 11 is 0. The van der Waals surface area contributed by atoms with Crippen LogP contribution < -0.4 is 4.74 Å². The number of hydrogen-bond donors (Lipinski definition) is 0. The third-order valence-electron chi connectivity index (χ3n) is 7.14. The number of methoxy groups -OCH3 is 1. The van der Waals surface area contributed by atoms with Crippen LogP contribution in [0.2, 0.25) is 0 Å². The molecular formula is C30H44O2. The van der Waals surface area contributed by atoms with Gasteiger partial charge in [0.05, 0.1) is 6.61 Å². The molecule has 0 aromatic heterocycles. The molecule has 0 saturated heterocycles. The van der Waals surface area contributed by atoms with Gasteiger partial charge in [-0.2, -0.15) is 0 Å². The van der Waals surface area contributed by atoms with Crippen molar-refractivity contribution in [2.75, 3.05) is 20.3 Å². The van der Waals surface area contributed by atoms with E-state index in [9.17, 15) is 0 Å². The quantitative estimate of drug-likeness (QED) is 0.275. The van der Waals surface area contributed by atoms with Crippen molar-refractivity contribution in [1.29, 1.82) is 0 Å². The van der Waals surface area contributed by atoms with Gasteiger partial charge in [0.2, 0.25) is 0 Å². The van der Waals surface area contributed by atoms with Gasteiger partial charge in [0.15, 0.2) is 0 Å². The number of benzene rings is 2. The zero-order valence-corrected chi connectivity index (χ0v) is 20.5. The van der Waals surface area contributed by atoms with E-state index in [1.807, 2.05) is 0 Å². The summed E-state index contributed by atoms with van der Waals surface area (Å²) in [5, 5.41) is 0. The van der Waals surface area contributed by atoms with Crippen molar-refractivity contribution in [3.8, 4) is 16.9 Å². The van der Waals surface area contributed by atoms with E-state index < -0.39 is 0 Å². The molecule has 2 nitrogen and oxygen atoms in total. The summed E-state index contributed by atoms with van der Waals surface area (Å²) < 4.78 is 11.0. The molecule has 2 heteroatoms. The fraction of sp³-hybridized carbons (Fsp3) is 0.600. The number of ether oxygens (including phenoxy) is 2. The minimum Gasteiger partial charge on any atom is -0.494 e. The fourth-order valence-corrected chi connectivity index (χ4v) is 5.05. The molecule has 1 saturated carbocycles. The van der Waals surface area contributed by atoms with E-state index in [1.165, 1.54) is 80.9 Å². The fourth-order valence-electron chi connectivity index (χ4n) is 5.05. The molecule has 0 amide bonds. The molecule has 0 radical (unpaired) electrons. The molecular weight excluding hydrogens is 392 g/mol. The van der Waals surface area contributed by atoms with E-state index in [2.05, 4.69) is 55.5 Å². The van der Waals surface area contributed by atoms with Crippen molar-refractivity contribution in [1.82, 2.24) is 0 Å². The van der Waals surface area contributed by atoms with Gasteiger partial charge in [0.1, 0.15) is 5.75 Å². The Morgan fingerprint density at radius 1 is 0.688 bits per heavy atom. The van der Waals surface area contributed by atoms with Crippen LogP contribution in [0.25, 0.3) is 11.1 Å². The highest BCUT2D eigenvalue weighted by molar-refractivity contribution is 5.64. The Bertz CT molecular complexity index is 726. The Morgan fingerprint density at radius 3 is 1.94 bits per heavy atom. The van der Waals surface area contributed by atoms with Crippen LogP contribution in [0, 0.1) is 5.92 Å². The topological polar surface area (TPSA) is 18.5 Å². The summed E-state index contributed by atoms with van der Waals surface area (Å²) in [5.41, 5.74) is 4.10. The highest BCUT2D eigenvalue weighted by Gasteiger charge is 2.22. The lowest BCUT2D eigenvalue weighted by Gasteiger charge is -2.29. The van der Waals surface area contributed by atoms with Crippen LogP contribution >= 0.6 is 0 Å². The van der Waals surface area contributed by atoms with E-state index in [-0.39, 0.29) is 0 Å². The largest absolute Gasteiger partial charge is 0.494 e. The van der Waals surface area contributed by atoms with Crippen LogP contribution in [0.15, 0.2) is 48.5 Å². The molecule has 0 aliphatic heterocycles. The van der Waals surface area contributed by atoms with E-state index in [0.29, 0.717) is 0 Å². The lowest BCUT2D eigenvalue weighted by atomic mass is 9.77. The maximum atomic E-state index is 5.91. The SMILES string of the molecule is CCCCCC1CCC(c2ccc(-c3ccc(OCCCCCCOC)cc3)cc2)CC1. The Morgan fingerprint density at radius 2 is 1.31 bits per heavy atom. The molecule has 1 fully saturated rings. The maximum Gasteiger partial charge on any atom is 0.119 e. The minimum absolute atomic E-state index is 0.761. The Kier molecular flexibility index (Phi) is 11.2. The van der Waals surface area contributed by atoms with Crippen LogP contribution in [0.4, 0.5) is 0 Å². The molecule has 1 aliphatic rings. The third kappa shape index (κ3) is 8.28. The highest BCUT2D eigenvalue weighted by Crippen LogP contribution is 2.38. The predicted octanol–water partition coefficient (Wildman–Crippen LogP) is 8.79. The minimum atomic E-state index is 0.761. The van der Waals surface area contributed by atoms with Gasteiger partial charge in [0.25, 0.3) is 0 Å². The number of hydrogen-bond acceptors (Lipinski definition) is 2. The molecule has 0 bridgehead atoms. The molecule has 0 atom stereocenters. The van der Waals surface area contributed by atoms with Crippen molar-refractivity contribution in [2.45, 2.75) is 89.9 Å². The van der Waals surface area contributed by atoms with Gasteiger partial charge in [-0.3, -0.25) is 0 Å². The molecule has 176 valence electrons. The van der Waals surface area contributed by atoms with Crippen molar-refractivity contribution in [2.24, 2.45) is 5.92 Å². The Labute approximate surface area is 196 Å². The van der Waals surface area contributed by atoms with Gasteiger partial charge in [-0.05, 0) is 85.6 Å². The van der Waals surface area contributed by atoms with Crippen LogP contribution in [-0.2, 0) is 4.74 Å². The van der Waals surface area contributed by atoms with Crippen molar-refractivity contribution >= 4 is 0 Å². The summed E-state index contributed by atoms with van der Waals surface area (Å²) in [6.45, 7) is 3.96. The van der Waals surface area contributed by atoms with Gasteiger partial charge in [-0.25, -0.2) is 0 Å². The van der Waals surface area contributed by atoms with Crippen molar-refractivity contribution in [3.05, 3.63) is 54.1 Å². The molecule has 32 heavy (non-hydrogen) atoms.